The minimum absolute atomic E-state index is 0.0917. The molecule has 1 heterocycles. The van der Waals surface area contributed by atoms with Crippen molar-refractivity contribution in [3.63, 3.8) is 0 Å². The van der Waals surface area contributed by atoms with Gasteiger partial charge in [0.25, 0.3) is 0 Å². The molecule has 0 amide bonds. The van der Waals surface area contributed by atoms with E-state index in [4.69, 9.17) is 10.5 Å². The molecule has 0 bridgehead atoms. The largest absolute Gasteiger partial charge is 0.385 e. The highest BCUT2D eigenvalue weighted by atomic mass is 32.2. The van der Waals surface area contributed by atoms with Crippen molar-refractivity contribution in [3.8, 4) is 0 Å². The molecule has 4 N–H and O–H groups in total. The van der Waals surface area contributed by atoms with E-state index in [1.165, 1.54) is 0 Å². The van der Waals surface area contributed by atoms with Gasteiger partial charge in [0.05, 0.1) is 11.4 Å². The van der Waals surface area contributed by atoms with E-state index in [9.17, 15) is 8.42 Å². The van der Waals surface area contributed by atoms with Crippen LogP contribution in [0.1, 0.15) is 30.7 Å². The second kappa shape index (κ2) is 7.59. The lowest BCUT2D eigenvalue weighted by Crippen LogP contribution is -2.26. The molecular weight excluding hydrogens is 268 g/mol. The SMILES string of the molecule is COCCCCCNS(=O)(=O)c1c(CN)n[nH]c1C. The summed E-state index contributed by atoms with van der Waals surface area (Å²) < 4.78 is 31.8. The fourth-order valence-corrected chi connectivity index (χ4v) is 3.24. The number of unbranched alkanes of at least 4 members (excludes halogenated alkanes) is 2. The van der Waals surface area contributed by atoms with Gasteiger partial charge in [-0.2, -0.15) is 5.10 Å². The highest BCUT2D eigenvalue weighted by Gasteiger charge is 2.22. The molecule has 0 saturated heterocycles. The number of nitrogens with zero attached hydrogens (tertiary/aromatic N) is 1. The van der Waals surface area contributed by atoms with Crippen LogP contribution in [0, 0.1) is 6.92 Å². The van der Waals surface area contributed by atoms with Crippen LogP contribution >= 0.6 is 0 Å². The summed E-state index contributed by atoms with van der Waals surface area (Å²) in [7, 11) is -1.89. The number of rotatable bonds is 9. The third kappa shape index (κ3) is 4.57. The number of aromatic nitrogens is 2. The number of aromatic amines is 1. The van der Waals surface area contributed by atoms with Gasteiger partial charge < -0.3 is 10.5 Å². The Labute approximate surface area is 114 Å². The lowest BCUT2D eigenvalue weighted by molar-refractivity contribution is 0.192. The Morgan fingerprint density at radius 2 is 2.11 bits per heavy atom. The van der Waals surface area contributed by atoms with Crippen LogP contribution < -0.4 is 10.5 Å². The van der Waals surface area contributed by atoms with Crippen LogP contribution in [0.25, 0.3) is 0 Å². The highest BCUT2D eigenvalue weighted by molar-refractivity contribution is 7.89. The number of nitrogens with one attached hydrogen (secondary N) is 2. The molecule has 0 aliphatic rings. The molecule has 7 nitrogen and oxygen atoms in total. The standard InChI is InChI=1S/C11H22N4O3S/c1-9-11(10(8-12)15-14-9)19(16,17)13-6-4-3-5-7-18-2/h13H,3-8,12H2,1-2H3,(H,14,15). The summed E-state index contributed by atoms with van der Waals surface area (Å²) in [4.78, 5) is 0.173. The third-order valence-corrected chi connectivity index (χ3v) is 4.40. The minimum atomic E-state index is -3.54. The van der Waals surface area contributed by atoms with E-state index < -0.39 is 10.0 Å². The van der Waals surface area contributed by atoms with Gasteiger partial charge >= 0.3 is 0 Å². The average molecular weight is 290 g/mol. The van der Waals surface area contributed by atoms with Crippen molar-refractivity contribution >= 4 is 10.0 Å². The van der Waals surface area contributed by atoms with Gasteiger partial charge in [-0.25, -0.2) is 13.1 Å². The molecule has 1 aromatic heterocycles. The zero-order chi connectivity index (χ0) is 14.3. The van der Waals surface area contributed by atoms with E-state index in [1.54, 1.807) is 14.0 Å². The summed E-state index contributed by atoms with van der Waals surface area (Å²) in [6.45, 7) is 2.86. The first-order chi connectivity index (χ1) is 9.03. The van der Waals surface area contributed by atoms with Crippen LogP contribution in [0.15, 0.2) is 4.90 Å². The maximum atomic E-state index is 12.1. The zero-order valence-electron chi connectivity index (χ0n) is 11.4. The lowest BCUT2D eigenvalue weighted by Gasteiger charge is -2.07. The number of H-pyrrole nitrogens is 1. The molecule has 110 valence electrons. The number of aryl methyl sites for hydroxylation is 1. The molecular formula is C11H22N4O3S. The Kier molecular flexibility index (Phi) is 6.43. The average Bonchev–Trinajstić information content (AvgIpc) is 2.75. The van der Waals surface area contributed by atoms with Crippen LogP contribution in [0.2, 0.25) is 0 Å². The monoisotopic (exact) mass is 290 g/mol. The highest BCUT2D eigenvalue weighted by Crippen LogP contribution is 2.16. The molecule has 0 radical (unpaired) electrons. The van der Waals surface area contributed by atoms with Crippen LogP contribution in [-0.4, -0.2) is 38.9 Å². The summed E-state index contributed by atoms with van der Waals surface area (Å²) in [6, 6.07) is 0. The first kappa shape index (κ1) is 16.1. The van der Waals surface area contributed by atoms with Crippen molar-refractivity contribution in [2.45, 2.75) is 37.6 Å². The molecule has 8 heteroatoms. The van der Waals surface area contributed by atoms with E-state index >= 15 is 0 Å². The van der Waals surface area contributed by atoms with Crippen LogP contribution in [0.4, 0.5) is 0 Å². The third-order valence-electron chi connectivity index (χ3n) is 2.74. The number of hydrogen-bond acceptors (Lipinski definition) is 5. The van der Waals surface area contributed by atoms with Gasteiger partial charge in [-0.3, -0.25) is 5.10 Å². The summed E-state index contributed by atoms with van der Waals surface area (Å²) >= 11 is 0. The molecule has 0 saturated carbocycles. The quantitative estimate of drug-likeness (QED) is 0.565. The maximum Gasteiger partial charge on any atom is 0.244 e. The van der Waals surface area contributed by atoms with Gasteiger partial charge in [0.2, 0.25) is 10.0 Å². The van der Waals surface area contributed by atoms with Crippen LogP contribution in [-0.2, 0) is 21.3 Å². The van der Waals surface area contributed by atoms with E-state index in [0.717, 1.165) is 19.3 Å². The predicted octanol–water partition coefficient (Wildman–Crippen LogP) is 0.272. The molecule has 0 aliphatic carbocycles. The summed E-state index contributed by atoms with van der Waals surface area (Å²) in [5.41, 5.74) is 6.35. The van der Waals surface area contributed by atoms with Gasteiger partial charge in [-0.05, 0) is 26.2 Å². The molecule has 0 atom stereocenters. The summed E-state index contributed by atoms with van der Waals surface area (Å²) in [6.07, 6.45) is 2.62. The van der Waals surface area contributed by atoms with Gasteiger partial charge in [0.1, 0.15) is 4.90 Å². The van der Waals surface area contributed by atoms with Gasteiger partial charge in [-0.15, -0.1) is 0 Å². The zero-order valence-corrected chi connectivity index (χ0v) is 12.2. The van der Waals surface area contributed by atoms with Crippen molar-refractivity contribution in [1.29, 1.82) is 0 Å². The summed E-state index contributed by atoms with van der Waals surface area (Å²) in [5, 5.41) is 6.53. The van der Waals surface area contributed by atoms with Crippen molar-refractivity contribution < 1.29 is 13.2 Å². The molecule has 1 rings (SSSR count). The van der Waals surface area contributed by atoms with E-state index in [1.807, 2.05) is 0 Å². The Hall–Kier alpha value is -0.960. The van der Waals surface area contributed by atoms with E-state index in [2.05, 4.69) is 14.9 Å². The summed E-state index contributed by atoms with van der Waals surface area (Å²) in [5.74, 6) is 0. The molecule has 0 spiro atoms. The second-order valence-electron chi connectivity index (χ2n) is 4.28. The fraction of sp³-hybridized carbons (Fsp3) is 0.727. The molecule has 19 heavy (non-hydrogen) atoms. The Morgan fingerprint density at radius 3 is 2.74 bits per heavy atom. The first-order valence-electron chi connectivity index (χ1n) is 6.25. The van der Waals surface area contributed by atoms with E-state index in [0.29, 0.717) is 24.5 Å². The van der Waals surface area contributed by atoms with Crippen molar-refractivity contribution in [2.75, 3.05) is 20.3 Å². The Balaban J connectivity index is 2.54. The number of sulfonamides is 1. The lowest BCUT2D eigenvalue weighted by atomic mass is 10.2. The van der Waals surface area contributed by atoms with Gasteiger partial charge in [0.15, 0.2) is 0 Å². The number of methoxy groups -OCH3 is 1. The topological polar surface area (TPSA) is 110 Å². The fourth-order valence-electron chi connectivity index (χ4n) is 1.79. The minimum Gasteiger partial charge on any atom is -0.385 e. The second-order valence-corrected chi connectivity index (χ2v) is 5.98. The van der Waals surface area contributed by atoms with Crippen molar-refractivity contribution in [3.05, 3.63) is 11.4 Å². The molecule has 0 unspecified atom stereocenters. The van der Waals surface area contributed by atoms with E-state index in [-0.39, 0.29) is 11.4 Å². The maximum absolute atomic E-state index is 12.1. The number of ether oxygens (including phenoxy) is 1. The number of nitrogens with two attached hydrogens (primary N) is 1. The molecule has 1 aromatic rings. The molecule has 0 aliphatic heterocycles. The molecule has 0 fully saturated rings. The Morgan fingerprint density at radius 1 is 1.37 bits per heavy atom. The molecule has 0 aromatic carbocycles. The Bertz CT molecular complexity index is 484. The van der Waals surface area contributed by atoms with Crippen LogP contribution in [0.5, 0.6) is 0 Å². The van der Waals surface area contributed by atoms with Gasteiger partial charge in [-0.1, -0.05) is 0 Å². The predicted molar refractivity (Wildman–Crippen MR) is 72.1 cm³/mol. The smallest absolute Gasteiger partial charge is 0.244 e. The van der Waals surface area contributed by atoms with Crippen LogP contribution in [0.3, 0.4) is 0 Å². The van der Waals surface area contributed by atoms with Gasteiger partial charge in [0, 0.05) is 26.8 Å². The first-order valence-corrected chi connectivity index (χ1v) is 7.73. The van der Waals surface area contributed by atoms with Crippen molar-refractivity contribution in [1.82, 2.24) is 14.9 Å². The van der Waals surface area contributed by atoms with Crippen molar-refractivity contribution in [2.24, 2.45) is 5.73 Å². The normalized spacial score (nSPS) is 11.9. The number of hydrogen-bond donors (Lipinski definition) is 3.